The molecule has 0 spiro atoms. The third kappa shape index (κ3) is 12.2. The molecule has 1 fully saturated rings. The van der Waals surface area contributed by atoms with E-state index in [1.54, 1.807) is 6.20 Å². The predicted molar refractivity (Wildman–Crippen MR) is 141 cm³/mol. The molecule has 7 nitrogen and oxygen atoms in total. The third-order valence-electron chi connectivity index (χ3n) is 6.66. The largest absolute Gasteiger partial charge is 0.356 e. The van der Waals surface area contributed by atoms with Crippen LogP contribution in [-0.2, 0) is 23.2 Å². The first-order valence-electron chi connectivity index (χ1n) is 13.4. The number of unbranched alkanes of at least 4 members (excludes halogenated alkanes) is 9. The van der Waals surface area contributed by atoms with Gasteiger partial charge in [-0.2, -0.15) is 0 Å². The van der Waals surface area contributed by atoms with Crippen LogP contribution in [0.5, 0.6) is 0 Å². The first kappa shape index (κ1) is 30.4. The summed E-state index contributed by atoms with van der Waals surface area (Å²) in [5.41, 5.74) is 0. The van der Waals surface area contributed by atoms with Crippen LogP contribution in [0.1, 0.15) is 103 Å². The first-order chi connectivity index (χ1) is 16.1. The van der Waals surface area contributed by atoms with Gasteiger partial charge in [-0.05, 0) is 32.2 Å². The summed E-state index contributed by atoms with van der Waals surface area (Å²) < 4.78 is 2.00. The van der Waals surface area contributed by atoms with Gasteiger partial charge in [0.1, 0.15) is 5.82 Å². The molecule has 1 saturated heterocycles. The highest BCUT2D eigenvalue weighted by Gasteiger charge is 2.31. The van der Waals surface area contributed by atoms with E-state index in [9.17, 15) is 9.59 Å². The molecular weight excluding hydrogens is 450 g/mol. The highest BCUT2D eigenvalue weighted by molar-refractivity contribution is 5.85. The number of hydrogen-bond donors (Lipinski definition) is 2. The van der Waals surface area contributed by atoms with Crippen LogP contribution in [0.25, 0.3) is 0 Å². The van der Waals surface area contributed by atoms with E-state index < -0.39 is 0 Å². The fraction of sp³-hybridized carbons (Fsp3) is 0.808. The summed E-state index contributed by atoms with van der Waals surface area (Å²) in [5.74, 6) is 1.15. The van der Waals surface area contributed by atoms with Gasteiger partial charge in [-0.15, -0.1) is 12.4 Å². The Bertz CT molecular complexity index is 682. The van der Waals surface area contributed by atoms with Gasteiger partial charge in [-0.25, -0.2) is 4.98 Å². The fourth-order valence-electron chi connectivity index (χ4n) is 4.55. The molecule has 0 radical (unpaired) electrons. The fourth-order valence-corrected chi connectivity index (χ4v) is 4.55. The first-order valence-corrected chi connectivity index (χ1v) is 13.4. The molecular formula is C26H48ClN5O2. The Hall–Kier alpha value is -1.60. The number of rotatable bonds is 18. The number of halogens is 1. The smallest absolute Gasteiger partial charge is 0.237 e. The summed E-state index contributed by atoms with van der Waals surface area (Å²) in [6.07, 6.45) is 19.8. The summed E-state index contributed by atoms with van der Waals surface area (Å²) in [5, 5.41) is 6.05. The van der Waals surface area contributed by atoms with Gasteiger partial charge in [0, 0.05) is 39.0 Å². The topological polar surface area (TPSA) is 79.3 Å². The third-order valence-corrected chi connectivity index (χ3v) is 6.66. The number of aromatic nitrogens is 2. The van der Waals surface area contributed by atoms with Crippen LogP contribution in [0.4, 0.5) is 0 Å². The molecule has 34 heavy (non-hydrogen) atoms. The average Bonchev–Trinajstić information content (AvgIpc) is 3.44. The van der Waals surface area contributed by atoms with Crippen molar-refractivity contribution in [2.24, 2.45) is 7.05 Å². The van der Waals surface area contributed by atoms with E-state index in [4.69, 9.17) is 0 Å². The second kappa shape index (κ2) is 18.7. The van der Waals surface area contributed by atoms with Crippen molar-refractivity contribution in [3.63, 3.8) is 0 Å². The van der Waals surface area contributed by atoms with Crippen LogP contribution in [0.15, 0.2) is 12.4 Å². The Morgan fingerprint density at radius 3 is 2.26 bits per heavy atom. The van der Waals surface area contributed by atoms with E-state index in [0.717, 1.165) is 38.2 Å². The number of amides is 2. The van der Waals surface area contributed by atoms with E-state index in [1.165, 1.54) is 57.8 Å². The van der Waals surface area contributed by atoms with E-state index in [2.05, 4.69) is 27.4 Å². The minimum Gasteiger partial charge on any atom is -0.356 e. The summed E-state index contributed by atoms with van der Waals surface area (Å²) in [7, 11) is 1.98. The van der Waals surface area contributed by atoms with Gasteiger partial charge in [-0.1, -0.05) is 64.7 Å². The molecule has 1 aromatic rings. The molecule has 8 heteroatoms. The summed E-state index contributed by atoms with van der Waals surface area (Å²) >= 11 is 0. The van der Waals surface area contributed by atoms with Crippen molar-refractivity contribution < 1.29 is 9.59 Å². The number of hydrogen-bond acceptors (Lipinski definition) is 4. The molecule has 0 saturated carbocycles. The van der Waals surface area contributed by atoms with Crippen molar-refractivity contribution in [3.05, 3.63) is 18.2 Å². The van der Waals surface area contributed by atoms with Crippen LogP contribution in [0, 0.1) is 0 Å². The molecule has 0 aliphatic carbocycles. The molecule has 0 unspecified atom stereocenters. The van der Waals surface area contributed by atoms with Crippen molar-refractivity contribution in [1.29, 1.82) is 0 Å². The van der Waals surface area contributed by atoms with Crippen LogP contribution >= 0.6 is 12.4 Å². The lowest BCUT2D eigenvalue weighted by Gasteiger charge is -2.23. The maximum atomic E-state index is 12.6. The van der Waals surface area contributed by atoms with Crippen molar-refractivity contribution in [2.75, 3.05) is 19.6 Å². The predicted octanol–water partition coefficient (Wildman–Crippen LogP) is 4.74. The van der Waals surface area contributed by atoms with Crippen molar-refractivity contribution in [1.82, 2.24) is 25.1 Å². The number of likely N-dealkylation sites (tertiary alicyclic amines) is 1. The number of imidazole rings is 1. The molecule has 1 aliphatic heterocycles. The normalized spacial score (nSPS) is 15.8. The lowest BCUT2D eigenvalue weighted by atomic mass is 10.1. The maximum Gasteiger partial charge on any atom is 0.237 e. The number of aryl methyl sites for hydroxylation is 1. The van der Waals surface area contributed by atoms with Gasteiger partial charge in [-0.3, -0.25) is 14.5 Å². The monoisotopic (exact) mass is 497 g/mol. The van der Waals surface area contributed by atoms with Crippen LogP contribution in [0.2, 0.25) is 0 Å². The zero-order valence-electron chi connectivity index (χ0n) is 21.5. The standard InChI is InChI=1S/C26H47N5O2.ClH/c1-3-4-5-6-7-8-9-10-11-12-17-28-25(32)16-13-18-29-26(33)23-15-14-20-31(23)22-24-27-19-21-30(24)2;/h19,21,23H,3-18,20,22H2,1-2H3,(H,28,32)(H,29,33);1H/t23-;/m0./s1. The highest BCUT2D eigenvalue weighted by Crippen LogP contribution is 2.19. The Balaban J connectivity index is 0.00000578. The molecule has 2 rings (SSSR count). The average molecular weight is 498 g/mol. The zero-order chi connectivity index (χ0) is 23.7. The molecule has 0 bridgehead atoms. The van der Waals surface area contributed by atoms with E-state index in [1.807, 2.05) is 17.8 Å². The molecule has 0 aromatic carbocycles. The minimum atomic E-state index is -0.0909. The lowest BCUT2D eigenvalue weighted by Crippen LogP contribution is -2.43. The van der Waals surface area contributed by atoms with Crippen molar-refractivity contribution in [3.8, 4) is 0 Å². The van der Waals surface area contributed by atoms with Gasteiger partial charge in [0.2, 0.25) is 11.8 Å². The SMILES string of the molecule is CCCCCCCCCCCCNC(=O)CCCNC(=O)[C@@H]1CCCN1Cc1nccn1C.Cl. The highest BCUT2D eigenvalue weighted by atomic mass is 35.5. The Morgan fingerprint density at radius 2 is 1.62 bits per heavy atom. The molecule has 2 amide bonds. The Labute approximate surface area is 213 Å². The Morgan fingerprint density at radius 1 is 0.971 bits per heavy atom. The van der Waals surface area contributed by atoms with Gasteiger partial charge >= 0.3 is 0 Å². The second-order valence-corrected chi connectivity index (χ2v) is 9.51. The van der Waals surface area contributed by atoms with E-state index >= 15 is 0 Å². The summed E-state index contributed by atoms with van der Waals surface area (Å²) in [6, 6.07) is -0.0909. The molecule has 196 valence electrons. The number of nitrogens with zero attached hydrogens (tertiary/aromatic N) is 3. The maximum absolute atomic E-state index is 12.6. The van der Waals surface area contributed by atoms with E-state index in [0.29, 0.717) is 25.9 Å². The van der Waals surface area contributed by atoms with Gasteiger partial charge < -0.3 is 15.2 Å². The summed E-state index contributed by atoms with van der Waals surface area (Å²) in [6.45, 7) is 5.20. The van der Waals surface area contributed by atoms with E-state index in [-0.39, 0.29) is 30.3 Å². The number of carbonyl (C=O) groups excluding carboxylic acids is 2. The quantitative estimate of drug-likeness (QED) is 0.287. The molecule has 1 aromatic heterocycles. The molecule has 2 heterocycles. The van der Waals surface area contributed by atoms with Crippen LogP contribution in [0.3, 0.4) is 0 Å². The van der Waals surface area contributed by atoms with Gasteiger partial charge in [0.25, 0.3) is 0 Å². The second-order valence-electron chi connectivity index (χ2n) is 9.51. The molecule has 2 N–H and O–H groups in total. The van der Waals surface area contributed by atoms with Crippen molar-refractivity contribution in [2.45, 2.75) is 109 Å². The number of carbonyl (C=O) groups is 2. The van der Waals surface area contributed by atoms with Crippen molar-refractivity contribution >= 4 is 24.2 Å². The molecule has 1 atom stereocenters. The minimum absolute atomic E-state index is 0. The van der Waals surface area contributed by atoms with Crippen LogP contribution < -0.4 is 10.6 Å². The summed E-state index contributed by atoms with van der Waals surface area (Å²) in [4.78, 5) is 31.2. The van der Waals surface area contributed by atoms with Gasteiger partial charge in [0.15, 0.2) is 0 Å². The zero-order valence-corrected chi connectivity index (χ0v) is 22.3. The Kier molecular flexibility index (Phi) is 16.7. The van der Waals surface area contributed by atoms with Crippen LogP contribution in [-0.4, -0.2) is 51.9 Å². The molecule has 1 aliphatic rings. The number of nitrogens with one attached hydrogen (secondary N) is 2. The lowest BCUT2D eigenvalue weighted by molar-refractivity contribution is -0.126. The van der Waals surface area contributed by atoms with Gasteiger partial charge in [0.05, 0.1) is 12.6 Å².